The molecule has 3 atom stereocenters. The minimum absolute atomic E-state index is 0.0690. The summed E-state index contributed by atoms with van der Waals surface area (Å²) < 4.78 is 0. The monoisotopic (exact) mass is 532 g/mol. The SMILES string of the molecule is Cc1ccc(C(=O)Nc2ccc(Nc3nc(NC4CCCNC4)nc(N4C[C@H](N)C[C@H](N)C4)n3)cc2O)cc1. The van der Waals surface area contributed by atoms with E-state index in [-0.39, 0.29) is 29.8 Å². The van der Waals surface area contributed by atoms with Crippen molar-refractivity contribution in [1.29, 1.82) is 0 Å². The molecule has 0 aliphatic carbocycles. The molecule has 5 rings (SSSR count). The highest BCUT2D eigenvalue weighted by Gasteiger charge is 2.26. The number of carbonyl (C=O) groups excluding carboxylic acids is 1. The number of nitrogens with one attached hydrogen (secondary N) is 4. The molecule has 2 aromatic carbocycles. The summed E-state index contributed by atoms with van der Waals surface area (Å²) in [5, 5.41) is 23.4. The van der Waals surface area contributed by atoms with Gasteiger partial charge in [-0.2, -0.15) is 15.0 Å². The number of phenols is 1. The van der Waals surface area contributed by atoms with E-state index in [9.17, 15) is 9.90 Å². The Kier molecular flexibility index (Phi) is 8.05. The number of nitrogens with two attached hydrogens (primary N) is 2. The van der Waals surface area contributed by atoms with Crippen LogP contribution in [0.15, 0.2) is 42.5 Å². The lowest BCUT2D eigenvalue weighted by Gasteiger charge is -2.34. The van der Waals surface area contributed by atoms with Crippen LogP contribution in [0.2, 0.25) is 0 Å². The van der Waals surface area contributed by atoms with Gasteiger partial charge in [0.15, 0.2) is 0 Å². The number of aromatic hydroxyl groups is 1. The Labute approximate surface area is 227 Å². The summed E-state index contributed by atoms with van der Waals surface area (Å²) in [6.07, 6.45) is 2.83. The minimum atomic E-state index is -0.306. The van der Waals surface area contributed by atoms with Crippen LogP contribution >= 0.6 is 0 Å². The first-order chi connectivity index (χ1) is 18.8. The highest BCUT2D eigenvalue weighted by Crippen LogP contribution is 2.29. The number of phenolic OH excluding ortho intramolecular Hbond substituents is 1. The lowest BCUT2D eigenvalue weighted by atomic mass is 10.0. The van der Waals surface area contributed by atoms with Gasteiger partial charge in [-0.15, -0.1) is 0 Å². The fraction of sp³-hybridized carbons (Fsp3) is 0.407. The second-order valence-electron chi connectivity index (χ2n) is 10.3. The molecule has 12 heteroatoms. The number of nitrogens with zero attached hydrogens (tertiary/aromatic N) is 4. The molecule has 0 radical (unpaired) electrons. The largest absolute Gasteiger partial charge is 0.506 e. The van der Waals surface area contributed by atoms with Crippen LogP contribution in [-0.4, -0.2) is 70.3 Å². The van der Waals surface area contributed by atoms with E-state index >= 15 is 0 Å². The summed E-state index contributed by atoms with van der Waals surface area (Å²) in [4.78, 5) is 28.5. The zero-order valence-electron chi connectivity index (χ0n) is 22.0. The van der Waals surface area contributed by atoms with E-state index in [1.54, 1.807) is 24.3 Å². The van der Waals surface area contributed by atoms with Crippen LogP contribution in [0.1, 0.15) is 35.2 Å². The number of rotatable bonds is 7. The Balaban J connectivity index is 1.35. The number of amides is 1. The number of aromatic nitrogens is 3. The molecule has 0 bridgehead atoms. The Morgan fingerprint density at radius 3 is 2.49 bits per heavy atom. The summed E-state index contributed by atoms with van der Waals surface area (Å²) in [7, 11) is 0. The normalized spacial score (nSPS) is 21.3. The summed E-state index contributed by atoms with van der Waals surface area (Å²) in [5.74, 6) is 0.855. The van der Waals surface area contributed by atoms with Crippen LogP contribution in [0, 0.1) is 6.92 Å². The zero-order chi connectivity index (χ0) is 27.4. The second-order valence-corrected chi connectivity index (χ2v) is 10.3. The van der Waals surface area contributed by atoms with Gasteiger partial charge in [0, 0.05) is 55.1 Å². The third-order valence-corrected chi connectivity index (χ3v) is 6.87. The summed E-state index contributed by atoms with van der Waals surface area (Å²) >= 11 is 0. The average Bonchev–Trinajstić information content (AvgIpc) is 2.90. The predicted octanol–water partition coefficient (Wildman–Crippen LogP) is 1.91. The zero-order valence-corrected chi connectivity index (χ0v) is 22.0. The van der Waals surface area contributed by atoms with Crippen molar-refractivity contribution in [2.45, 2.75) is 44.3 Å². The van der Waals surface area contributed by atoms with Gasteiger partial charge >= 0.3 is 0 Å². The minimum Gasteiger partial charge on any atom is -0.506 e. The fourth-order valence-corrected chi connectivity index (χ4v) is 4.87. The number of carbonyl (C=O) groups is 1. The molecule has 3 heterocycles. The Morgan fingerprint density at radius 2 is 1.79 bits per heavy atom. The molecule has 206 valence electrons. The Morgan fingerprint density at radius 1 is 1.05 bits per heavy atom. The van der Waals surface area contributed by atoms with Crippen molar-refractivity contribution in [3.05, 3.63) is 53.6 Å². The summed E-state index contributed by atoms with van der Waals surface area (Å²) in [5.41, 5.74) is 14.9. The Hall–Kier alpha value is -4.00. The highest BCUT2D eigenvalue weighted by molar-refractivity contribution is 6.05. The fourth-order valence-electron chi connectivity index (χ4n) is 4.87. The van der Waals surface area contributed by atoms with Gasteiger partial charge in [0.2, 0.25) is 17.8 Å². The van der Waals surface area contributed by atoms with Gasteiger partial charge in [0.25, 0.3) is 5.91 Å². The van der Waals surface area contributed by atoms with E-state index < -0.39 is 0 Å². The number of benzene rings is 2. The third-order valence-electron chi connectivity index (χ3n) is 6.87. The molecule has 1 amide bonds. The Bertz CT molecular complexity index is 1290. The standard InChI is InChI=1S/C27H36N10O2/c1-16-4-6-17(7-5-16)24(39)33-22-9-8-20(12-23(22)38)31-25-34-26(32-21-3-2-10-30-13-21)36-27(35-25)37-14-18(28)11-19(29)15-37/h4-9,12,18-19,21,30,38H,2-3,10-11,13-15,28-29H2,1H3,(H,33,39)(H2,31,32,34,35,36)/t18-,19+,21?. The van der Waals surface area contributed by atoms with Crippen molar-refractivity contribution in [3.63, 3.8) is 0 Å². The van der Waals surface area contributed by atoms with Crippen LogP contribution in [0.3, 0.4) is 0 Å². The molecule has 1 aromatic heterocycles. The highest BCUT2D eigenvalue weighted by atomic mass is 16.3. The number of aryl methyl sites for hydroxylation is 1. The van der Waals surface area contributed by atoms with E-state index in [0.29, 0.717) is 47.9 Å². The lowest BCUT2D eigenvalue weighted by Crippen LogP contribution is -2.53. The van der Waals surface area contributed by atoms with Gasteiger partial charge in [0.05, 0.1) is 5.69 Å². The van der Waals surface area contributed by atoms with Crippen LogP contribution < -0.4 is 37.6 Å². The predicted molar refractivity (Wildman–Crippen MR) is 153 cm³/mol. The molecule has 0 saturated carbocycles. The molecule has 2 aliphatic heterocycles. The molecule has 1 unspecified atom stereocenters. The van der Waals surface area contributed by atoms with Gasteiger partial charge in [0.1, 0.15) is 5.75 Å². The lowest BCUT2D eigenvalue weighted by molar-refractivity contribution is 0.102. The van der Waals surface area contributed by atoms with Gasteiger partial charge in [-0.05, 0) is 57.0 Å². The summed E-state index contributed by atoms with van der Waals surface area (Å²) in [6.45, 7) is 4.97. The molecule has 0 spiro atoms. The first kappa shape index (κ1) is 26.6. The van der Waals surface area contributed by atoms with E-state index in [1.807, 2.05) is 24.0 Å². The van der Waals surface area contributed by atoms with E-state index in [0.717, 1.165) is 37.9 Å². The maximum atomic E-state index is 12.6. The maximum Gasteiger partial charge on any atom is 0.255 e. The third kappa shape index (κ3) is 6.91. The first-order valence-corrected chi connectivity index (χ1v) is 13.3. The number of piperidine rings is 2. The van der Waals surface area contributed by atoms with Gasteiger partial charge in [-0.25, -0.2) is 0 Å². The number of hydrogen-bond acceptors (Lipinski definition) is 11. The van der Waals surface area contributed by atoms with Gasteiger partial charge < -0.3 is 42.7 Å². The number of anilines is 5. The maximum absolute atomic E-state index is 12.6. The van der Waals surface area contributed by atoms with Crippen molar-refractivity contribution in [2.75, 3.05) is 47.0 Å². The van der Waals surface area contributed by atoms with Crippen LogP contribution in [-0.2, 0) is 0 Å². The molecule has 9 N–H and O–H groups in total. The molecule has 12 nitrogen and oxygen atoms in total. The van der Waals surface area contributed by atoms with Crippen molar-refractivity contribution in [1.82, 2.24) is 20.3 Å². The van der Waals surface area contributed by atoms with Crippen molar-refractivity contribution >= 4 is 35.1 Å². The second kappa shape index (κ2) is 11.8. The molecular weight excluding hydrogens is 496 g/mol. The molecular formula is C27H36N10O2. The quantitative estimate of drug-likeness (QED) is 0.221. The molecule has 3 aromatic rings. The van der Waals surface area contributed by atoms with Crippen molar-refractivity contribution < 1.29 is 9.90 Å². The van der Waals surface area contributed by atoms with Crippen LogP contribution in [0.5, 0.6) is 5.75 Å². The van der Waals surface area contributed by atoms with E-state index in [1.165, 1.54) is 6.07 Å². The molecule has 2 fully saturated rings. The summed E-state index contributed by atoms with van der Waals surface area (Å²) in [6, 6.07) is 12.2. The van der Waals surface area contributed by atoms with Crippen molar-refractivity contribution in [2.24, 2.45) is 11.5 Å². The van der Waals surface area contributed by atoms with E-state index in [2.05, 4.69) is 36.2 Å². The molecule has 2 saturated heterocycles. The van der Waals surface area contributed by atoms with Gasteiger partial charge in [-0.1, -0.05) is 17.7 Å². The number of hydrogen-bond donors (Lipinski definition) is 7. The molecule has 2 aliphatic rings. The van der Waals surface area contributed by atoms with E-state index in [4.69, 9.17) is 11.5 Å². The first-order valence-electron chi connectivity index (χ1n) is 13.3. The molecule has 39 heavy (non-hydrogen) atoms. The topological polar surface area (TPSA) is 179 Å². The van der Waals surface area contributed by atoms with Crippen LogP contribution in [0.25, 0.3) is 0 Å². The van der Waals surface area contributed by atoms with Gasteiger partial charge in [-0.3, -0.25) is 4.79 Å². The smallest absolute Gasteiger partial charge is 0.255 e. The average molecular weight is 533 g/mol. The van der Waals surface area contributed by atoms with Crippen LogP contribution in [0.4, 0.5) is 29.2 Å². The van der Waals surface area contributed by atoms with Crippen molar-refractivity contribution in [3.8, 4) is 5.75 Å².